The fourth-order valence-corrected chi connectivity index (χ4v) is 4.31. The fraction of sp³-hybridized carbons (Fsp3) is 0.409. The number of sulfonamides is 1. The van der Waals surface area contributed by atoms with Gasteiger partial charge < -0.3 is 9.84 Å². The molecule has 9 nitrogen and oxygen atoms in total. The molecule has 32 heavy (non-hydrogen) atoms. The van der Waals surface area contributed by atoms with Crippen LogP contribution in [0.3, 0.4) is 0 Å². The van der Waals surface area contributed by atoms with Crippen LogP contribution in [0.4, 0.5) is 5.95 Å². The molecule has 0 saturated carbocycles. The van der Waals surface area contributed by atoms with Crippen LogP contribution >= 0.6 is 0 Å². The van der Waals surface area contributed by atoms with E-state index in [9.17, 15) is 13.5 Å². The van der Waals surface area contributed by atoms with Gasteiger partial charge >= 0.3 is 0 Å². The number of aryl methyl sites for hydroxylation is 4. The van der Waals surface area contributed by atoms with Crippen LogP contribution in [0.2, 0.25) is 0 Å². The highest BCUT2D eigenvalue weighted by molar-refractivity contribution is 7.92. The molecule has 3 aromatic rings. The van der Waals surface area contributed by atoms with Gasteiger partial charge in [0, 0.05) is 31.3 Å². The molecule has 2 heterocycles. The first-order valence-corrected chi connectivity index (χ1v) is 11.7. The van der Waals surface area contributed by atoms with Crippen molar-refractivity contribution in [2.75, 3.05) is 11.3 Å². The van der Waals surface area contributed by atoms with Gasteiger partial charge in [-0.1, -0.05) is 17.7 Å². The standard InChI is InChI=1S/C22H29N5O4S/c1-14-9-15(2)20(16(3)10-14)18-11-19(31-8-7-22(4,5)28)25-21(24-18)26-32(29,30)17-12-23-27(6)13-17/h9-13,28H,7-8H2,1-6H3,(H,24,25,26). The van der Waals surface area contributed by atoms with E-state index in [0.29, 0.717) is 12.1 Å². The van der Waals surface area contributed by atoms with Crippen LogP contribution in [0.1, 0.15) is 37.0 Å². The van der Waals surface area contributed by atoms with Crippen molar-refractivity contribution in [3.05, 3.63) is 47.3 Å². The summed E-state index contributed by atoms with van der Waals surface area (Å²) in [5.74, 6) is 0.103. The van der Waals surface area contributed by atoms with E-state index in [2.05, 4.69) is 19.8 Å². The molecule has 1 aromatic carbocycles. The van der Waals surface area contributed by atoms with Gasteiger partial charge in [-0.05, 0) is 45.7 Å². The number of aromatic nitrogens is 4. The number of nitrogens with one attached hydrogen (secondary N) is 1. The molecule has 0 aliphatic carbocycles. The average Bonchev–Trinajstić information content (AvgIpc) is 3.07. The van der Waals surface area contributed by atoms with Gasteiger partial charge in [0.25, 0.3) is 10.0 Å². The number of nitrogens with zero attached hydrogens (tertiary/aromatic N) is 4. The number of anilines is 1. The first kappa shape index (κ1) is 23.7. The Morgan fingerprint density at radius 2 is 1.78 bits per heavy atom. The summed E-state index contributed by atoms with van der Waals surface area (Å²) >= 11 is 0. The maximum atomic E-state index is 12.8. The van der Waals surface area contributed by atoms with Gasteiger partial charge in [0.1, 0.15) is 4.90 Å². The minimum atomic E-state index is -3.93. The van der Waals surface area contributed by atoms with Crippen LogP contribution in [-0.2, 0) is 17.1 Å². The number of benzene rings is 1. The Hall–Kier alpha value is -2.98. The molecule has 0 fully saturated rings. The summed E-state index contributed by atoms with van der Waals surface area (Å²) in [6, 6.07) is 5.76. The summed E-state index contributed by atoms with van der Waals surface area (Å²) in [6.07, 6.45) is 3.02. The third-order valence-corrected chi connectivity index (χ3v) is 6.10. The zero-order valence-electron chi connectivity index (χ0n) is 19.2. The Morgan fingerprint density at radius 3 is 2.34 bits per heavy atom. The molecule has 2 N–H and O–H groups in total. The van der Waals surface area contributed by atoms with Gasteiger partial charge in [0.15, 0.2) is 0 Å². The summed E-state index contributed by atoms with van der Waals surface area (Å²) in [5.41, 5.74) is 3.65. The SMILES string of the molecule is Cc1cc(C)c(-c2cc(OCCC(C)(C)O)nc(NS(=O)(=O)c3cnn(C)c3)n2)c(C)c1. The van der Waals surface area contributed by atoms with Crippen LogP contribution in [0.5, 0.6) is 5.88 Å². The molecule has 172 valence electrons. The molecule has 0 aliphatic heterocycles. The van der Waals surface area contributed by atoms with Crippen LogP contribution in [0.25, 0.3) is 11.3 Å². The second-order valence-electron chi connectivity index (χ2n) is 8.55. The highest BCUT2D eigenvalue weighted by Gasteiger charge is 2.20. The molecule has 0 amide bonds. The quantitative estimate of drug-likeness (QED) is 0.531. The van der Waals surface area contributed by atoms with Gasteiger partial charge in [-0.2, -0.15) is 10.1 Å². The largest absolute Gasteiger partial charge is 0.477 e. The number of ether oxygens (including phenoxy) is 1. The number of rotatable bonds is 8. The summed E-state index contributed by atoms with van der Waals surface area (Å²) < 4.78 is 35.1. The Morgan fingerprint density at radius 1 is 1.12 bits per heavy atom. The van der Waals surface area contributed by atoms with Gasteiger partial charge in [0.2, 0.25) is 11.8 Å². The van der Waals surface area contributed by atoms with E-state index in [-0.39, 0.29) is 23.3 Å². The molecular weight excluding hydrogens is 430 g/mol. The van der Waals surface area contributed by atoms with Crippen molar-refractivity contribution in [2.45, 2.75) is 51.5 Å². The zero-order chi connectivity index (χ0) is 23.7. The third kappa shape index (κ3) is 5.83. The Kier molecular flexibility index (Phi) is 6.56. The van der Waals surface area contributed by atoms with Crippen LogP contribution in [0, 0.1) is 20.8 Å². The van der Waals surface area contributed by atoms with Gasteiger partial charge in [-0.25, -0.2) is 18.1 Å². The van der Waals surface area contributed by atoms with E-state index in [1.54, 1.807) is 27.0 Å². The van der Waals surface area contributed by atoms with Crippen LogP contribution in [-0.4, -0.2) is 45.5 Å². The molecule has 0 aliphatic rings. The van der Waals surface area contributed by atoms with Crippen molar-refractivity contribution in [3.8, 4) is 17.1 Å². The summed E-state index contributed by atoms with van der Waals surface area (Å²) in [6.45, 7) is 9.56. The van der Waals surface area contributed by atoms with Gasteiger partial charge in [0.05, 0.1) is 24.1 Å². The second-order valence-corrected chi connectivity index (χ2v) is 10.2. The van der Waals surface area contributed by atoms with Crippen molar-refractivity contribution in [1.82, 2.24) is 19.7 Å². The monoisotopic (exact) mass is 459 g/mol. The lowest BCUT2D eigenvalue weighted by atomic mass is 9.97. The lowest BCUT2D eigenvalue weighted by molar-refractivity contribution is 0.0547. The highest BCUT2D eigenvalue weighted by atomic mass is 32.2. The van der Waals surface area contributed by atoms with Crippen molar-refractivity contribution in [2.24, 2.45) is 7.05 Å². The van der Waals surface area contributed by atoms with E-state index < -0.39 is 15.6 Å². The van der Waals surface area contributed by atoms with Gasteiger partial charge in [-0.3, -0.25) is 4.68 Å². The lowest BCUT2D eigenvalue weighted by Gasteiger charge is -2.18. The molecular formula is C22H29N5O4S. The molecule has 0 unspecified atom stereocenters. The van der Waals surface area contributed by atoms with Crippen LogP contribution in [0.15, 0.2) is 35.5 Å². The fourth-order valence-electron chi connectivity index (χ4n) is 3.38. The second kappa shape index (κ2) is 8.87. The van der Waals surface area contributed by atoms with Crippen molar-refractivity contribution >= 4 is 16.0 Å². The normalized spacial score (nSPS) is 12.1. The van der Waals surface area contributed by atoms with Crippen LogP contribution < -0.4 is 9.46 Å². The van der Waals surface area contributed by atoms with E-state index >= 15 is 0 Å². The van der Waals surface area contributed by atoms with E-state index in [1.165, 1.54) is 17.1 Å². The number of aliphatic hydroxyl groups is 1. The first-order valence-electron chi connectivity index (χ1n) is 10.2. The molecule has 2 aromatic heterocycles. The van der Waals surface area contributed by atoms with Crippen molar-refractivity contribution in [3.63, 3.8) is 0 Å². The predicted molar refractivity (Wildman–Crippen MR) is 122 cm³/mol. The number of hydrogen-bond donors (Lipinski definition) is 2. The Bertz CT molecular complexity index is 1210. The highest BCUT2D eigenvalue weighted by Crippen LogP contribution is 2.30. The zero-order valence-corrected chi connectivity index (χ0v) is 20.0. The molecule has 0 spiro atoms. The van der Waals surface area contributed by atoms with Gasteiger partial charge in [-0.15, -0.1) is 0 Å². The molecule has 0 saturated heterocycles. The first-order chi connectivity index (χ1) is 14.8. The van der Waals surface area contributed by atoms with Crippen molar-refractivity contribution < 1.29 is 18.3 Å². The van der Waals surface area contributed by atoms with E-state index in [4.69, 9.17) is 4.74 Å². The maximum absolute atomic E-state index is 12.8. The third-order valence-electron chi connectivity index (χ3n) is 4.82. The summed E-state index contributed by atoms with van der Waals surface area (Å²) in [5, 5.41) is 13.9. The molecule has 0 bridgehead atoms. The number of hydrogen-bond acceptors (Lipinski definition) is 7. The molecule has 10 heteroatoms. The summed E-state index contributed by atoms with van der Waals surface area (Å²) in [4.78, 5) is 8.71. The minimum absolute atomic E-state index is 0.00111. The van der Waals surface area contributed by atoms with Crippen molar-refractivity contribution in [1.29, 1.82) is 0 Å². The maximum Gasteiger partial charge on any atom is 0.267 e. The Balaban J connectivity index is 2.03. The topological polar surface area (TPSA) is 119 Å². The summed E-state index contributed by atoms with van der Waals surface area (Å²) in [7, 11) is -2.30. The van der Waals surface area contributed by atoms with E-state index in [0.717, 1.165) is 22.3 Å². The Labute approximate surface area is 188 Å². The smallest absolute Gasteiger partial charge is 0.267 e. The molecule has 3 rings (SSSR count). The predicted octanol–water partition coefficient (Wildman–Crippen LogP) is 3.14. The lowest BCUT2D eigenvalue weighted by Crippen LogP contribution is -2.22. The molecule has 0 atom stereocenters. The minimum Gasteiger partial charge on any atom is -0.477 e. The van der Waals surface area contributed by atoms with E-state index in [1.807, 2.05) is 32.9 Å². The molecule has 0 radical (unpaired) electrons. The average molecular weight is 460 g/mol.